The fourth-order valence-corrected chi connectivity index (χ4v) is 2.02. The van der Waals surface area contributed by atoms with E-state index in [1.807, 2.05) is 18.2 Å². The molecule has 0 atom stereocenters. The van der Waals surface area contributed by atoms with Crippen LogP contribution in [-0.2, 0) is 0 Å². The minimum absolute atomic E-state index is 0.165. The molecule has 1 aliphatic carbocycles. The molecule has 0 aromatic carbocycles. The van der Waals surface area contributed by atoms with Crippen LogP contribution in [0.1, 0.15) is 33.6 Å². The van der Waals surface area contributed by atoms with Crippen molar-refractivity contribution in [3.8, 4) is 0 Å². The van der Waals surface area contributed by atoms with E-state index in [2.05, 4.69) is 36.4 Å². The maximum atomic E-state index is 4.54. The molecule has 1 fully saturated rings. The van der Waals surface area contributed by atoms with Crippen molar-refractivity contribution in [2.24, 2.45) is 5.92 Å². The number of nitrogens with one attached hydrogen (secondary N) is 2. The van der Waals surface area contributed by atoms with Crippen LogP contribution in [0, 0.1) is 5.92 Å². The van der Waals surface area contributed by atoms with Gasteiger partial charge in [0.05, 0.1) is 0 Å². The lowest BCUT2D eigenvalue weighted by Gasteiger charge is -2.27. The van der Waals surface area contributed by atoms with Gasteiger partial charge >= 0.3 is 0 Å². The zero-order chi connectivity index (χ0) is 11.6. The summed E-state index contributed by atoms with van der Waals surface area (Å²) in [4.78, 5) is 4.54. The first-order valence-electron chi connectivity index (χ1n) is 6.11. The fourth-order valence-electron chi connectivity index (χ4n) is 2.02. The third kappa shape index (κ3) is 2.65. The minimum atomic E-state index is 0.165. The summed E-state index contributed by atoms with van der Waals surface area (Å²) in [5.41, 5.74) is 0.165. The average molecular weight is 219 g/mol. The molecule has 1 aromatic heterocycles. The van der Waals surface area contributed by atoms with E-state index in [-0.39, 0.29) is 5.54 Å². The summed E-state index contributed by atoms with van der Waals surface area (Å²) in [6.07, 6.45) is 2.68. The monoisotopic (exact) mass is 219 g/mol. The van der Waals surface area contributed by atoms with E-state index in [9.17, 15) is 0 Å². The number of rotatable bonds is 5. The molecule has 88 valence electrons. The summed E-state index contributed by atoms with van der Waals surface area (Å²) >= 11 is 0. The third-order valence-electron chi connectivity index (χ3n) is 3.16. The van der Waals surface area contributed by atoms with E-state index in [1.54, 1.807) is 0 Å². The van der Waals surface area contributed by atoms with Gasteiger partial charge in [-0.2, -0.15) is 0 Å². The second-order valence-electron chi connectivity index (χ2n) is 5.06. The Bertz CT molecular complexity index is 356. The Labute approximate surface area is 97.7 Å². The van der Waals surface area contributed by atoms with Crippen LogP contribution in [0.2, 0.25) is 0 Å². The molecule has 0 bridgehead atoms. The van der Waals surface area contributed by atoms with Crippen molar-refractivity contribution in [3.63, 3.8) is 0 Å². The normalized spacial score (nSPS) is 15.9. The van der Waals surface area contributed by atoms with Gasteiger partial charge in [0.15, 0.2) is 0 Å². The molecule has 1 aromatic rings. The lowest BCUT2D eigenvalue weighted by atomic mass is 9.99. The number of pyridine rings is 1. The van der Waals surface area contributed by atoms with Crippen molar-refractivity contribution in [2.75, 3.05) is 17.2 Å². The summed E-state index contributed by atoms with van der Waals surface area (Å²) in [5.74, 6) is 2.71. The van der Waals surface area contributed by atoms with Gasteiger partial charge in [0.25, 0.3) is 0 Å². The van der Waals surface area contributed by atoms with Crippen LogP contribution in [0.5, 0.6) is 0 Å². The number of hydrogen-bond donors (Lipinski definition) is 2. The van der Waals surface area contributed by atoms with Crippen molar-refractivity contribution in [3.05, 3.63) is 18.2 Å². The smallest absolute Gasteiger partial charge is 0.128 e. The van der Waals surface area contributed by atoms with Crippen LogP contribution in [-0.4, -0.2) is 17.1 Å². The molecule has 0 saturated heterocycles. The lowest BCUT2D eigenvalue weighted by molar-refractivity contribution is 0.492. The fraction of sp³-hybridized carbons (Fsp3) is 0.615. The maximum absolute atomic E-state index is 4.54. The SMILES string of the molecule is CCNc1cccc(NC(C)(C)C2CC2)n1. The number of aromatic nitrogens is 1. The predicted molar refractivity (Wildman–Crippen MR) is 68.8 cm³/mol. The van der Waals surface area contributed by atoms with Gasteiger partial charge in [-0.1, -0.05) is 6.07 Å². The molecule has 16 heavy (non-hydrogen) atoms. The quantitative estimate of drug-likeness (QED) is 0.799. The summed E-state index contributed by atoms with van der Waals surface area (Å²) in [6.45, 7) is 7.50. The van der Waals surface area contributed by atoms with Gasteiger partial charge in [-0.25, -0.2) is 4.98 Å². The Hall–Kier alpha value is -1.25. The van der Waals surface area contributed by atoms with Crippen molar-refractivity contribution < 1.29 is 0 Å². The minimum Gasteiger partial charge on any atom is -0.370 e. The Morgan fingerprint density at radius 2 is 2.00 bits per heavy atom. The highest BCUT2D eigenvalue weighted by Crippen LogP contribution is 2.40. The standard InChI is InChI=1S/C13H21N3/c1-4-14-11-6-5-7-12(15-11)16-13(2,3)10-8-9-10/h5-7,10H,4,8-9H2,1-3H3,(H2,14,15,16). The van der Waals surface area contributed by atoms with Crippen molar-refractivity contribution in [1.29, 1.82) is 0 Å². The Morgan fingerprint density at radius 1 is 1.31 bits per heavy atom. The first-order valence-corrected chi connectivity index (χ1v) is 6.11. The molecule has 3 nitrogen and oxygen atoms in total. The molecule has 2 N–H and O–H groups in total. The van der Waals surface area contributed by atoms with Gasteiger partial charge in [0.2, 0.25) is 0 Å². The van der Waals surface area contributed by atoms with E-state index in [4.69, 9.17) is 0 Å². The van der Waals surface area contributed by atoms with Crippen LogP contribution in [0.25, 0.3) is 0 Å². The Kier molecular flexibility index (Phi) is 3.03. The molecule has 0 radical (unpaired) electrons. The van der Waals surface area contributed by atoms with Crippen LogP contribution in [0.4, 0.5) is 11.6 Å². The van der Waals surface area contributed by atoms with Crippen LogP contribution in [0.15, 0.2) is 18.2 Å². The van der Waals surface area contributed by atoms with Gasteiger partial charge in [-0.3, -0.25) is 0 Å². The predicted octanol–water partition coefficient (Wildman–Crippen LogP) is 3.11. The second kappa shape index (κ2) is 4.32. The van der Waals surface area contributed by atoms with Crippen molar-refractivity contribution in [2.45, 2.75) is 39.2 Å². The van der Waals surface area contributed by atoms with Crippen molar-refractivity contribution >= 4 is 11.6 Å². The zero-order valence-electron chi connectivity index (χ0n) is 10.4. The molecule has 1 heterocycles. The highest BCUT2D eigenvalue weighted by molar-refractivity contribution is 5.46. The van der Waals surface area contributed by atoms with Gasteiger partial charge in [0.1, 0.15) is 11.6 Å². The summed E-state index contributed by atoms with van der Waals surface area (Å²) < 4.78 is 0. The molecule has 0 amide bonds. The van der Waals surface area contributed by atoms with E-state index < -0.39 is 0 Å². The number of hydrogen-bond acceptors (Lipinski definition) is 3. The van der Waals surface area contributed by atoms with Gasteiger partial charge in [-0.15, -0.1) is 0 Å². The van der Waals surface area contributed by atoms with E-state index >= 15 is 0 Å². The van der Waals surface area contributed by atoms with Crippen LogP contribution >= 0.6 is 0 Å². The summed E-state index contributed by atoms with van der Waals surface area (Å²) in [6, 6.07) is 6.07. The van der Waals surface area contributed by atoms with E-state index in [0.717, 1.165) is 24.1 Å². The van der Waals surface area contributed by atoms with Gasteiger partial charge in [0, 0.05) is 12.1 Å². The second-order valence-corrected chi connectivity index (χ2v) is 5.06. The largest absolute Gasteiger partial charge is 0.370 e. The van der Waals surface area contributed by atoms with E-state index in [1.165, 1.54) is 12.8 Å². The van der Waals surface area contributed by atoms with Crippen LogP contribution in [0.3, 0.4) is 0 Å². The Balaban J connectivity index is 2.05. The average Bonchev–Trinajstić information content (AvgIpc) is 3.01. The first-order chi connectivity index (χ1) is 7.62. The molecular formula is C13H21N3. The number of anilines is 2. The topological polar surface area (TPSA) is 37.0 Å². The molecule has 1 aliphatic rings. The summed E-state index contributed by atoms with van der Waals surface area (Å²) in [5, 5.41) is 6.76. The highest BCUT2D eigenvalue weighted by atomic mass is 15.1. The molecule has 1 saturated carbocycles. The number of nitrogens with zero attached hydrogens (tertiary/aromatic N) is 1. The zero-order valence-corrected chi connectivity index (χ0v) is 10.4. The van der Waals surface area contributed by atoms with E-state index in [0.29, 0.717) is 0 Å². The molecule has 2 rings (SSSR count). The van der Waals surface area contributed by atoms with Crippen molar-refractivity contribution in [1.82, 2.24) is 4.98 Å². The molecule has 0 unspecified atom stereocenters. The molecule has 3 heteroatoms. The summed E-state index contributed by atoms with van der Waals surface area (Å²) in [7, 11) is 0. The van der Waals surface area contributed by atoms with Gasteiger partial charge < -0.3 is 10.6 Å². The molecular weight excluding hydrogens is 198 g/mol. The maximum Gasteiger partial charge on any atom is 0.128 e. The molecule has 0 spiro atoms. The molecule has 0 aliphatic heterocycles. The first kappa shape index (κ1) is 11.2. The highest BCUT2D eigenvalue weighted by Gasteiger charge is 2.37. The third-order valence-corrected chi connectivity index (χ3v) is 3.16. The van der Waals surface area contributed by atoms with Gasteiger partial charge in [-0.05, 0) is 51.7 Å². The Morgan fingerprint density at radius 3 is 2.62 bits per heavy atom. The lowest BCUT2D eigenvalue weighted by Crippen LogP contribution is -2.33. The van der Waals surface area contributed by atoms with Crippen LogP contribution < -0.4 is 10.6 Å².